The molecule has 2 unspecified atom stereocenters. The van der Waals surface area contributed by atoms with Gasteiger partial charge in [0.15, 0.2) is 0 Å². The van der Waals surface area contributed by atoms with E-state index in [0.717, 1.165) is 13.2 Å². The van der Waals surface area contributed by atoms with Gasteiger partial charge in [0.2, 0.25) is 0 Å². The van der Waals surface area contributed by atoms with Crippen molar-refractivity contribution in [2.24, 2.45) is 0 Å². The van der Waals surface area contributed by atoms with Crippen molar-refractivity contribution in [2.45, 2.75) is 104 Å². The quantitative estimate of drug-likeness (QED) is 0.357. The average Bonchev–Trinajstić information content (AvgIpc) is 2.44. The second-order valence-corrected chi connectivity index (χ2v) is 6.06. The normalized spacial score (nSPS) is 14.4. The molecule has 2 nitrogen and oxygen atoms in total. The van der Waals surface area contributed by atoms with Gasteiger partial charge < -0.3 is 9.47 Å². The Hall–Kier alpha value is -0.0800. The van der Waals surface area contributed by atoms with Crippen LogP contribution in [0.15, 0.2) is 0 Å². The van der Waals surface area contributed by atoms with E-state index in [4.69, 9.17) is 9.47 Å². The lowest BCUT2D eigenvalue weighted by molar-refractivity contribution is -0.0169. The Kier molecular flexibility index (Phi) is 15.3. The number of hydrogen-bond donors (Lipinski definition) is 0. The minimum atomic E-state index is 0.385. The van der Waals surface area contributed by atoms with E-state index < -0.39 is 0 Å². The molecular weight excluding hydrogens is 248 g/mol. The Morgan fingerprint density at radius 2 is 1.00 bits per heavy atom. The van der Waals surface area contributed by atoms with Crippen molar-refractivity contribution in [1.82, 2.24) is 0 Å². The van der Waals surface area contributed by atoms with E-state index in [1.165, 1.54) is 64.2 Å². The lowest BCUT2D eigenvalue weighted by Gasteiger charge is -2.16. The maximum absolute atomic E-state index is 5.79. The summed E-state index contributed by atoms with van der Waals surface area (Å²) < 4.78 is 11.6. The van der Waals surface area contributed by atoms with Crippen LogP contribution in [0.3, 0.4) is 0 Å². The van der Waals surface area contributed by atoms with E-state index in [1.54, 1.807) is 0 Å². The van der Waals surface area contributed by atoms with Gasteiger partial charge in [0, 0.05) is 0 Å². The molecule has 0 aromatic heterocycles. The van der Waals surface area contributed by atoms with Crippen LogP contribution in [0.5, 0.6) is 0 Å². The number of rotatable bonds is 15. The van der Waals surface area contributed by atoms with Gasteiger partial charge >= 0.3 is 0 Å². The fourth-order valence-electron chi connectivity index (χ4n) is 2.38. The minimum absolute atomic E-state index is 0.385. The molecule has 0 heterocycles. The monoisotopic (exact) mass is 286 g/mol. The Morgan fingerprint density at radius 3 is 1.35 bits per heavy atom. The first-order valence-electron chi connectivity index (χ1n) is 8.93. The summed E-state index contributed by atoms with van der Waals surface area (Å²) >= 11 is 0. The first-order valence-corrected chi connectivity index (χ1v) is 8.93. The van der Waals surface area contributed by atoms with Crippen LogP contribution in [-0.4, -0.2) is 25.4 Å². The van der Waals surface area contributed by atoms with Crippen molar-refractivity contribution in [3.05, 3.63) is 0 Å². The molecule has 0 radical (unpaired) electrons. The van der Waals surface area contributed by atoms with Crippen molar-refractivity contribution >= 4 is 0 Å². The minimum Gasteiger partial charge on any atom is -0.376 e. The van der Waals surface area contributed by atoms with Gasteiger partial charge in [0.05, 0.1) is 25.4 Å². The summed E-state index contributed by atoms with van der Waals surface area (Å²) in [6, 6.07) is 0. The third-order valence-corrected chi connectivity index (χ3v) is 3.82. The molecule has 0 saturated heterocycles. The van der Waals surface area contributed by atoms with E-state index in [0.29, 0.717) is 12.2 Å². The third-order valence-electron chi connectivity index (χ3n) is 3.82. The van der Waals surface area contributed by atoms with Gasteiger partial charge in [0.1, 0.15) is 0 Å². The number of ether oxygens (including phenoxy) is 2. The Balaban J connectivity index is 3.28. The molecule has 2 atom stereocenters. The topological polar surface area (TPSA) is 18.5 Å². The molecule has 0 aliphatic carbocycles. The van der Waals surface area contributed by atoms with E-state index in [9.17, 15) is 0 Å². The summed E-state index contributed by atoms with van der Waals surface area (Å²) in [7, 11) is 0. The predicted molar refractivity (Wildman–Crippen MR) is 88.3 cm³/mol. The maximum Gasteiger partial charge on any atom is 0.0704 e. The largest absolute Gasteiger partial charge is 0.376 e. The van der Waals surface area contributed by atoms with Crippen LogP contribution in [0.4, 0.5) is 0 Å². The van der Waals surface area contributed by atoms with Gasteiger partial charge in [0.25, 0.3) is 0 Å². The average molecular weight is 286 g/mol. The van der Waals surface area contributed by atoms with Crippen LogP contribution >= 0.6 is 0 Å². The van der Waals surface area contributed by atoms with E-state index >= 15 is 0 Å². The summed E-state index contributed by atoms with van der Waals surface area (Å²) in [5, 5.41) is 0. The standard InChI is InChI=1S/C18H38O2/c1-5-7-9-11-13-17(3)19-15-16-20-18(4)14-12-10-8-6-2/h17-18H,5-16H2,1-4H3. The summed E-state index contributed by atoms with van der Waals surface area (Å²) in [4.78, 5) is 0. The highest BCUT2D eigenvalue weighted by atomic mass is 16.5. The van der Waals surface area contributed by atoms with Crippen molar-refractivity contribution in [3.63, 3.8) is 0 Å². The van der Waals surface area contributed by atoms with Crippen LogP contribution in [-0.2, 0) is 9.47 Å². The Morgan fingerprint density at radius 1 is 0.600 bits per heavy atom. The van der Waals surface area contributed by atoms with Crippen LogP contribution in [0, 0.1) is 0 Å². The second kappa shape index (κ2) is 15.3. The highest BCUT2D eigenvalue weighted by molar-refractivity contribution is 4.53. The highest BCUT2D eigenvalue weighted by Gasteiger charge is 2.04. The molecule has 0 aliphatic heterocycles. The van der Waals surface area contributed by atoms with Crippen LogP contribution in [0.25, 0.3) is 0 Å². The zero-order chi connectivity index (χ0) is 15.1. The first kappa shape index (κ1) is 19.9. The van der Waals surface area contributed by atoms with Crippen LogP contribution in [0.1, 0.15) is 91.9 Å². The predicted octanol–water partition coefficient (Wildman–Crippen LogP) is 5.74. The fourth-order valence-corrected chi connectivity index (χ4v) is 2.38. The zero-order valence-corrected chi connectivity index (χ0v) is 14.5. The molecule has 0 aromatic carbocycles. The lowest BCUT2D eigenvalue weighted by atomic mass is 10.1. The van der Waals surface area contributed by atoms with Crippen molar-refractivity contribution in [2.75, 3.05) is 13.2 Å². The second-order valence-electron chi connectivity index (χ2n) is 6.06. The van der Waals surface area contributed by atoms with E-state index in [-0.39, 0.29) is 0 Å². The molecule has 0 spiro atoms. The van der Waals surface area contributed by atoms with E-state index in [2.05, 4.69) is 27.7 Å². The lowest BCUT2D eigenvalue weighted by Crippen LogP contribution is -2.16. The number of hydrogen-bond acceptors (Lipinski definition) is 2. The molecule has 20 heavy (non-hydrogen) atoms. The Labute approximate surface area is 127 Å². The van der Waals surface area contributed by atoms with Gasteiger partial charge in [-0.2, -0.15) is 0 Å². The molecule has 0 N–H and O–H groups in total. The van der Waals surface area contributed by atoms with Crippen molar-refractivity contribution in [3.8, 4) is 0 Å². The Bertz CT molecular complexity index is 162. The third kappa shape index (κ3) is 14.3. The SMILES string of the molecule is CCCCCCC(C)OCCOC(C)CCCCCC. The van der Waals surface area contributed by atoms with E-state index in [1.807, 2.05) is 0 Å². The zero-order valence-electron chi connectivity index (χ0n) is 14.5. The smallest absolute Gasteiger partial charge is 0.0704 e. The molecular formula is C18H38O2. The van der Waals surface area contributed by atoms with Gasteiger partial charge in [-0.15, -0.1) is 0 Å². The highest BCUT2D eigenvalue weighted by Crippen LogP contribution is 2.09. The van der Waals surface area contributed by atoms with Gasteiger partial charge in [-0.25, -0.2) is 0 Å². The molecule has 2 heteroatoms. The molecule has 0 bridgehead atoms. The summed E-state index contributed by atoms with van der Waals surface area (Å²) in [5.74, 6) is 0. The van der Waals surface area contributed by atoms with Crippen LogP contribution < -0.4 is 0 Å². The molecule has 0 rings (SSSR count). The van der Waals surface area contributed by atoms with Gasteiger partial charge in [-0.05, 0) is 26.7 Å². The van der Waals surface area contributed by atoms with Gasteiger partial charge in [-0.1, -0.05) is 65.2 Å². The van der Waals surface area contributed by atoms with Crippen LogP contribution in [0.2, 0.25) is 0 Å². The molecule has 0 fully saturated rings. The van der Waals surface area contributed by atoms with Crippen molar-refractivity contribution in [1.29, 1.82) is 0 Å². The summed E-state index contributed by atoms with van der Waals surface area (Å²) in [6.07, 6.45) is 13.7. The molecule has 0 saturated carbocycles. The number of unbranched alkanes of at least 4 members (excludes halogenated alkanes) is 6. The van der Waals surface area contributed by atoms with Crippen molar-refractivity contribution < 1.29 is 9.47 Å². The molecule has 0 aliphatic rings. The molecule has 0 aromatic rings. The first-order chi connectivity index (χ1) is 9.70. The maximum atomic E-state index is 5.79. The summed E-state index contributed by atoms with van der Waals surface area (Å²) in [6.45, 7) is 10.4. The summed E-state index contributed by atoms with van der Waals surface area (Å²) in [5.41, 5.74) is 0. The molecule has 0 amide bonds. The fraction of sp³-hybridized carbons (Fsp3) is 1.00. The van der Waals surface area contributed by atoms with Gasteiger partial charge in [-0.3, -0.25) is 0 Å². The molecule has 122 valence electrons.